The molecule has 0 aromatic heterocycles. The zero-order valence-electron chi connectivity index (χ0n) is 8.23. The number of benzene rings is 1. The molecule has 74 valence electrons. The number of aliphatic hydroxyl groups excluding tert-OH is 2. The van der Waals surface area contributed by atoms with Crippen molar-refractivity contribution < 1.29 is 10.2 Å². The van der Waals surface area contributed by atoms with Crippen LogP contribution in [0.4, 0.5) is 0 Å². The minimum Gasteiger partial charge on any atom is -0.385 e. The van der Waals surface area contributed by atoms with Gasteiger partial charge in [0.1, 0.15) is 6.10 Å². The first kappa shape index (κ1) is 10.7. The van der Waals surface area contributed by atoms with Crippen molar-refractivity contribution in [1.82, 2.24) is 0 Å². The first-order valence-electron chi connectivity index (χ1n) is 4.39. The van der Waals surface area contributed by atoms with Gasteiger partial charge < -0.3 is 10.2 Å². The number of nitriles is 1. The maximum absolute atomic E-state index is 9.68. The standard InChI is InChI=1S/C11H13NO2/c1-7-4-3-5-8(2)10(7)11(14)9(13)6-12/h3-5,9,11,13-14H,1-2H3. The van der Waals surface area contributed by atoms with Crippen molar-refractivity contribution in [3.63, 3.8) is 0 Å². The number of hydrogen-bond donors (Lipinski definition) is 2. The van der Waals surface area contributed by atoms with E-state index in [0.717, 1.165) is 11.1 Å². The number of nitrogens with zero attached hydrogens (tertiary/aromatic N) is 1. The van der Waals surface area contributed by atoms with Crippen molar-refractivity contribution in [2.75, 3.05) is 0 Å². The molecule has 2 N–H and O–H groups in total. The number of rotatable bonds is 2. The Morgan fingerprint density at radius 1 is 1.21 bits per heavy atom. The van der Waals surface area contributed by atoms with Gasteiger partial charge in [-0.1, -0.05) is 18.2 Å². The lowest BCUT2D eigenvalue weighted by Gasteiger charge is -2.17. The van der Waals surface area contributed by atoms with Crippen molar-refractivity contribution in [3.8, 4) is 6.07 Å². The molecule has 0 aliphatic rings. The Labute approximate surface area is 83.2 Å². The average molecular weight is 191 g/mol. The molecule has 2 atom stereocenters. The van der Waals surface area contributed by atoms with E-state index < -0.39 is 12.2 Å². The Kier molecular flexibility index (Phi) is 3.23. The summed E-state index contributed by atoms with van der Waals surface area (Å²) in [6, 6.07) is 7.18. The summed E-state index contributed by atoms with van der Waals surface area (Å²) >= 11 is 0. The molecule has 0 aliphatic carbocycles. The van der Waals surface area contributed by atoms with Gasteiger partial charge >= 0.3 is 0 Å². The minimum atomic E-state index is -1.37. The molecular formula is C11H13NO2. The summed E-state index contributed by atoms with van der Waals surface area (Å²) in [6.07, 6.45) is -2.49. The van der Waals surface area contributed by atoms with Crippen LogP contribution in [0.5, 0.6) is 0 Å². The van der Waals surface area contributed by atoms with Crippen molar-refractivity contribution in [2.24, 2.45) is 0 Å². The van der Waals surface area contributed by atoms with Gasteiger partial charge in [0.15, 0.2) is 6.10 Å². The predicted molar refractivity (Wildman–Crippen MR) is 52.5 cm³/mol. The number of aliphatic hydroxyl groups is 2. The fourth-order valence-electron chi connectivity index (χ4n) is 1.52. The van der Waals surface area contributed by atoms with Gasteiger partial charge in [-0.25, -0.2) is 0 Å². The van der Waals surface area contributed by atoms with E-state index in [-0.39, 0.29) is 0 Å². The third-order valence-corrected chi connectivity index (χ3v) is 2.27. The monoisotopic (exact) mass is 191 g/mol. The van der Waals surface area contributed by atoms with E-state index in [1.54, 1.807) is 6.07 Å². The molecule has 14 heavy (non-hydrogen) atoms. The maximum Gasteiger partial charge on any atom is 0.170 e. The second-order valence-corrected chi connectivity index (χ2v) is 3.32. The second-order valence-electron chi connectivity index (χ2n) is 3.32. The van der Waals surface area contributed by atoms with Crippen LogP contribution in [0.1, 0.15) is 22.8 Å². The largest absolute Gasteiger partial charge is 0.385 e. The van der Waals surface area contributed by atoms with Crippen LogP contribution in [0.25, 0.3) is 0 Å². The van der Waals surface area contributed by atoms with Crippen molar-refractivity contribution >= 4 is 0 Å². The van der Waals surface area contributed by atoms with Gasteiger partial charge in [-0.05, 0) is 30.5 Å². The van der Waals surface area contributed by atoms with Gasteiger partial charge in [0.05, 0.1) is 6.07 Å². The van der Waals surface area contributed by atoms with Gasteiger partial charge in [0, 0.05) is 0 Å². The highest BCUT2D eigenvalue weighted by atomic mass is 16.3. The lowest BCUT2D eigenvalue weighted by Crippen LogP contribution is -2.17. The summed E-state index contributed by atoms with van der Waals surface area (Å²) in [7, 11) is 0. The Balaban J connectivity index is 3.13. The molecule has 0 radical (unpaired) electrons. The smallest absolute Gasteiger partial charge is 0.170 e. The molecule has 2 unspecified atom stereocenters. The highest BCUT2D eigenvalue weighted by Crippen LogP contribution is 2.23. The molecule has 0 aliphatic heterocycles. The van der Waals surface area contributed by atoms with Gasteiger partial charge in [0.25, 0.3) is 0 Å². The summed E-state index contributed by atoms with van der Waals surface area (Å²) in [4.78, 5) is 0. The molecule has 3 heteroatoms. The van der Waals surface area contributed by atoms with Crippen LogP contribution < -0.4 is 0 Å². The van der Waals surface area contributed by atoms with Crippen LogP contribution in [0.2, 0.25) is 0 Å². The van der Waals surface area contributed by atoms with Gasteiger partial charge in [0.2, 0.25) is 0 Å². The van der Waals surface area contributed by atoms with Crippen LogP contribution in [0.15, 0.2) is 18.2 Å². The second kappa shape index (κ2) is 4.23. The first-order valence-corrected chi connectivity index (χ1v) is 4.39. The fourth-order valence-corrected chi connectivity index (χ4v) is 1.52. The highest BCUT2D eigenvalue weighted by molar-refractivity contribution is 5.36. The van der Waals surface area contributed by atoms with E-state index >= 15 is 0 Å². The molecule has 1 aromatic carbocycles. The topological polar surface area (TPSA) is 64.2 Å². The predicted octanol–water partition coefficient (Wildman–Crippen LogP) is 1.22. The minimum absolute atomic E-state index is 0.640. The molecule has 1 rings (SSSR count). The number of hydrogen-bond acceptors (Lipinski definition) is 3. The Hall–Kier alpha value is -1.37. The van der Waals surface area contributed by atoms with Crippen molar-refractivity contribution in [1.29, 1.82) is 5.26 Å². The van der Waals surface area contributed by atoms with E-state index in [2.05, 4.69) is 0 Å². The van der Waals surface area contributed by atoms with Crippen molar-refractivity contribution in [2.45, 2.75) is 26.1 Å². The summed E-state index contributed by atoms with van der Waals surface area (Å²) < 4.78 is 0. The van der Waals surface area contributed by atoms with Gasteiger partial charge in [-0.3, -0.25) is 0 Å². The Bertz CT molecular complexity index is 348. The van der Waals surface area contributed by atoms with E-state index in [1.165, 1.54) is 0 Å². The third kappa shape index (κ3) is 1.92. The van der Waals surface area contributed by atoms with Gasteiger partial charge in [-0.2, -0.15) is 5.26 Å². The van der Waals surface area contributed by atoms with Crippen LogP contribution in [0, 0.1) is 25.2 Å². The number of aryl methyl sites for hydroxylation is 2. The summed E-state index contributed by atoms with van der Waals surface area (Å²) in [6.45, 7) is 3.69. The molecule has 3 nitrogen and oxygen atoms in total. The highest BCUT2D eigenvalue weighted by Gasteiger charge is 2.20. The third-order valence-electron chi connectivity index (χ3n) is 2.27. The van der Waals surface area contributed by atoms with Crippen molar-refractivity contribution in [3.05, 3.63) is 34.9 Å². The normalized spacial score (nSPS) is 14.5. The van der Waals surface area contributed by atoms with Crippen LogP contribution in [-0.2, 0) is 0 Å². The maximum atomic E-state index is 9.68. The lowest BCUT2D eigenvalue weighted by molar-refractivity contribution is 0.0519. The Morgan fingerprint density at radius 3 is 2.14 bits per heavy atom. The van der Waals surface area contributed by atoms with Crippen LogP contribution in [-0.4, -0.2) is 16.3 Å². The zero-order chi connectivity index (χ0) is 10.7. The molecule has 0 spiro atoms. The van der Waals surface area contributed by atoms with E-state index in [1.807, 2.05) is 32.0 Å². The van der Waals surface area contributed by atoms with Crippen LogP contribution in [0.3, 0.4) is 0 Å². The van der Waals surface area contributed by atoms with E-state index in [9.17, 15) is 10.2 Å². The Morgan fingerprint density at radius 2 is 1.71 bits per heavy atom. The zero-order valence-corrected chi connectivity index (χ0v) is 8.23. The quantitative estimate of drug-likeness (QED) is 0.691. The SMILES string of the molecule is Cc1cccc(C)c1C(O)C(O)C#N. The summed E-state index contributed by atoms with van der Waals surface area (Å²) in [5.74, 6) is 0. The van der Waals surface area contributed by atoms with E-state index in [0.29, 0.717) is 5.56 Å². The average Bonchev–Trinajstić information content (AvgIpc) is 2.16. The molecule has 0 amide bonds. The lowest BCUT2D eigenvalue weighted by atomic mass is 9.95. The molecular weight excluding hydrogens is 178 g/mol. The first-order chi connectivity index (χ1) is 6.57. The van der Waals surface area contributed by atoms with Crippen LogP contribution >= 0.6 is 0 Å². The molecule has 0 fully saturated rings. The molecule has 0 bridgehead atoms. The van der Waals surface area contributed by atoms with E-state index in [4.69, 9.17) is 5.26 Å². The molecule has 1 aromatic rings. The molecule has 0 heterocycles. The summed E-state index contributed by atoms with van der Waals surface area (Å²) in [5.41, 5.74) is 2.40. The van der Waals surface area contributed by atoms with Gasteiger partial charge in [-0.15, -0.1) is 0 Å². The molecule has 0 saturated heterocycles. The molecule has 0 saturated carbocycles. The summed E-state index contributed by atoms with van der Waals surface area (Å²) in [5, 5.41) is 27.4. The fraction of sp³-hybridized carbons (Fsp3) is 0.364.